The van der Waals surface area contributed by atoms with E-state index in [1.54, 1.807) is 7.11 Å². The molecule has 30 heavy (non-hydrogen) atoms. The molecule has 170 valence electrons. The number of alkyl halides is 3. The van der Waals surface area contributed by atoms with Crippen LogP contribution in [0.3, 0.4) is 0 Å². The van der Waals surface area contributed by atoms with Crippen LogP contribution in [0.5, 0.6) is 5.75 Å². The Morgan fingerprint density at radius 2 is 1.53 bits per heavy atom. The normalized spacial score (nSPS) is 14.1. The van der Waals surface area contributed by atoms with Crippen molar-refractivity contribution >= 4 is 0 Å². The average Bonchev–Trinajstić information content (AvgIpc) is 2.67. The summed E-state index contributed by atoms with van der Waals surface area (Å²) in [7, 11) is 1.59. The molecule has 0 bridgehead atoms. The third kappa shape index (κ3) is 7.17. The van der Waals surface area contributed by atoms with Crippen LogP contribution in [-0.2, 0) is 11.2 Å². The average molecular weight is 430 g/mol. The third-order valence-corrected chi connectivity index (χ3v) is 5.18. The van der Waals surface area contributed by atoms with Gasteiger partial charge < -0.3 is 14.6 Å². The Morgan fingerprint density at radius 3 is 1.97 bits per heavy atom. The van der Waals surface area contributed by atoms with E-state index in [-0.39, 0.29) is 25.0 Å². The number of aryl methyl sites for hydroxylation is 1. The van der Waals surface area contributed by atoms with Crippen LogP contribution in [0.2, 0.25) is 0 Å². The molecule has 0 saturated heterocycles. The predicted octanol–water partition coefficient (Wildman–Crippen LogP) is 6.23. The summed E-state index contributed by atoms with van der Waals surface area (Å²) >= 11 is 0. The summed E-state index contributed by atoms with van der Waals surface area (Å²) in [5.41, 5.74) is 0.176. The van der Waals surface area contributed by atoms with E-state index in [1.165, 1.54) is 5.56 Å². The monoisotopic (exact) mass is 429 g/mol. The number of halogens is 3. The van der Waals surface area contributed by atoms with E-state index in [0.717, 1.165) is 42.2 Å². The smallest absolute Gasteiger partial charge is 0.430 e. The van der Waals surface area contributed by atoms with E-state index in [9.17, 15) is 18.3 Å². The van der Waals surface area contributed by atoms with Crippen LogP contribution in [0, 0.1) is 11.3 Å². The lowest BCUT2D eigenvalue weighted by molar-refractivity contribution is -0.238. The minimum absolute atomic E-state index is 0.155. The Hall–Kier alpha value is -1.78. The molecule has 0 fully saturated rings. The number of nitriles is 1. The molecule has 1 rings (SSSR count). The standard InChI is InChI=1S/C23H34F3NO3/c1-16(2)19-12-18(13-20(17(3)4)21(19)30-15-29-5)10-8-6-7-9-11-22(28,14-27)23(24,25)26/h12-13,16-17,28H,6-11,15H2,1-5H3. The second-order valence-electron chi connectivity index (χ2n) is 8.35. The van der Waals surface area contributed by atoms with E-state index < -0.39 is 18.2 Å². The maximum absolute atomic E-state index is 12.7. The maximum atomic E-state index is 12.7. The zero-order valence-electron chi connectivity index (χ0n) is 18.6. The fraction of sp³-hybridized carbons (Fsp3) is 0.696. The molecule has 1 aromatic rings. The Kier molecular flexibility index (Phi) is 10.1. The SMILES string of the molecule is COCOc1c(C(C)C)cc(CCCCCCC(O)(C#N)C(F)(F)F)cc1C(C)C. The summed E-state index contributed by atoms with van der Waals surface area (Å²) in [6.45, 7) is 8.63. The molecule has 4 nitrogen and oxygen atoms in total. The number of hydrogen-bond acceptors (Lipinski definition) is 4. The van der Waals surface area contributed by atoms with Crippen molar-refractivity contribution in [3.8, 4) is 11.8 Å². The summed E-state index contributed by atoms with van der Waals surface area (Å²) in [5.74, 6) is 1.43. The molecule has 0 aliphatic rings. The predicted molar refractivity (Wildman–Crippen MR) is 111 cm³/mol. The molecule has 1 aromatic carbocycles. The van der Waals surface area contributed by atoms with Gasteiger partial charge in [-0.1, -0.05) is 52.7 Å². The highest BCUT2D eigenvalue weighted by Gasteiger charge is 2.53. The van der Waals surface area contributed by atoms with Crippen molar-refractivity contribution in [2.24, 2.45) is 0 Å². The number of nitrogens with zero attached hydrogens (tertiary/aromatic N) is 1. The van der Waals surface area contributed by atoms with Gasteiger partial charge in [-0.3, -0.25) is 0 Å². The number of methoxy groups -OCH3 is 1. The summed E-state index contributed by atoms with van der Waals surface area (Å²) in [6.07, 6.45) is -2.46. The summed E-state index contributed by atoms with van der Waals surface area (Å²) in [5, 5.41) is 18.1. The second-order valence-corrected chi connectivity index (χ2v) is 8.35. The second kappa shape index (κ2) is 11.6. The Balaban J connectivity index is 2.73. The summed E-state index contributed by atoms with van der Waals surface area (Å²) in [4.78, 5) is 0. The van der Waals surface area contributed by atoms with Gasteiger partial charge in [-0.25, -0.2) is 0 Å². The first kappa shape index (κ1) is 26.3. The van der Waals surface area contributed by atoms with E-state index >= 15 is 0 Å². The van der Waals surface area contributed by atoms with Crippen LogP contribution < -0.4 is 4.74 Å². The molecule has 0 aliphatic heterocycles. The van der Waals surface area contributed by atoms with Gasteiger partial charge in [0.2, 0.25) is 5.60 Å². The molecule has 0 amide bonds. The number of aliphatic hydroxyl groups is 1. The molecule has 0 saturated carbocycles. The van der Waals surface area contributed by atoms with Gasteiger partial charge in [0.1, 0.15) is 11.8 Å². The lowest BCUT2D eigenvalue weighted by Crippen LogP contribution is -2.43. The van der Waals surface area contributed by atoms with Crippen molar-refractivity contribution in [2.75, 3.05) is 13.9 Å². The van der Waals surface area contributed by atoms with Crippen LogP contribution in [0.4, 0.5) is 13.2 Å². The first-order valence-electron chi connectivity index (χ1n) is 10.5. The molecular formula is C23H34F3NO3. The quantitative estimate of drug-likeness (QED) is 0.243. The van der Waals surface area contributed by atoms with E-state index in [4.69, 9.17) is 14.7 Å². The number of unbranched alkanes of at least 4 members (excludes halogenated alkanes) is 3. The zero-order valence-corrected chi connectivity index (χ0v) is 18.6. The van der Waals surface area contributed by atoms with Crippen LogP contribution >= 0.6 is 0 Å². The van der Waals surface area contributed by atoms with E-state index in [1.807, 2.05) is 0 Å². The fourth-order valence-electron chi connectivity index (χ4n) is 3.35. The Bertz CT molecular complexity index is 682. The van der Waals surface area contributed by atoms with E-state index in [2.05, 4.69) is 39.8 Å². The minimum atomic E-state index is -4.92. The highest BCUT2D eigenvalue weighted by molar-refractivity contribution is 5.48. The van der Waals surface area contributed by atoms with Crippen molar-refractivity contribution in [3.63, 3.8) is 0 Å². The Labute approximate surface area is 178 Å². The van der Waals surface area contributed by atoms with Gasteiger partial charge in [0.15, 0.2) is 6.79 Å². The van der Waals surface area contributed by atoms with Gasteiger partial charge in [-0.05, 0) is 54.2 Å². The highest BCUT2D eigenvalue weighted by atomic mass is 19.4. The number of rotatable bonds is 12. The summed E-state index contributed by atoms with van der Waals surface area (Å²) < 4.78 is 49.1. The van der Waals surface area contributed by atoms with Crippen molar-refractivity contribution in [1.82, 2.24) is 0 Å². The zero-order chi connectivity index (χ0) is 22.9. The molecule has 1 N–H and O–H groups in total. The van der Waals surface area contributed by atoms with Crippen LogP contribution in [0.15, 0.2) is 12.1 Å². The van der Waals surface area contributed by atoms with Gasteiger partial charge in [-0.2, -0.15) is 18.4 Å². The van der Waals surface area contributed by atoms with Crippen molar-refractivity contribution in [3.05, 3.63) is 28.8 Å². The molecular weight excluding hydrogens is 395 g/mol. The molecule has 0 radical (unpaired) electrons. The number of ether oxygens (including phenoxy) is 2. The largest absolute Gasteiger partial charge is 0.467 e. The topological polar surface area (TPSA) is 62.5 Å². The molecule has 0 aromatic heterocycles. The summed E-state index contributed by atoms with van der Waals surface area (Å²) in [6, 6.07) is 5.28. The van der Waals surface area contributed by atoms with Crippen LogP contribution in [0.1, 0.15) is 88.3 Å². The third-order valence-electron chi connectivity index (χ3n) is 5.18. The van der Waals surface area contributed by atoms with Crippen molar-refractivity contribution in [1.29, 1.82) is 5.26 Å². The van der Waals surface area contributed by atoms with Crippen molar-refractivity contribution < 1.29 is 27.8 Å². The maximum Gasteiger partial charge on any atom is 0.430 e. The van der Waals surface area contributed by atoms with Gasteiger partial charge >= 0.3 is 6.18 Å². The van der Waals surface area contributed by atoms with Crippen molar-refractivity contribution in [2.45, 2.75) is 89.8 Å². The molecule has 7 heteroatoms. The number of hydrogen-bond donors (Lipinski definition) is 1. The highest BCUT2D eigenvalue weighted by Crippen LogP contribution is 2.37. The van der Waals surface area contributed by atoms with Gasteiger partial charge in [0.05, 0.1) is 0 Å². The molecule has 1 atom stereocenters. The Morgan fingerprint density at radius 1 is 1.00 bits per heavy atom. The molecule has 1 unspecified atom stereocenters. The van der Waals surface area contributed by atoms with Gasteiger partial charge in [0.25, 0.3) is 0 Å². The lowest BCUT2D eigenvalue weighted by atomic mass is 9.90. The minimum Gasteiger partial charge on any atom is -0.467 e. The van der Waals surface area contributed by atoms with E-state index in [0.29, 0.717) is 6.42 Å². The number of benzene rings is 1. The molecule has 0 spiro atoms. The fourth-order valence-corrected chi connectivity index (χ4v) is 3.35. The lowest BCUT2D eigenvalue weighted by Gasteiger charge is -2.23. The molecule has 0 heterocycles. The van der Waals surface area contributed by atoms with Crippen LogP contribution in [-0.4, -0.2) is 30.8 Å². The molecule has 0 aliphatic carbocycles. The first-order valence-corrected chi connectivity index (χ1v) is 10.5. The first-order chi connectivity index (χ1) is 14.0. The van der Waals surface area contributed by atoms with Crippen LogP contribution in [0.25, 0.3) is 0 Å². The van der Waals surface area contributed by atoms with Gasteiger partial charge in [0, 0.05) is 7.11 Å². The van der Waals surface area contributed by atoms with Gasteiger partial charge in [-0.15, -0.1) is 0 Å².